The Labute approximate surface area is 706 Å². The van der Waals surface area contributed by atoms with Crippen molar-refractivity contribution in [1.82, 2.24) is 0 Å². The molecule has 0 N–H and O–H groups in total. The first-order valence-corrected chi connectivity index (χ1v) is 42.2. The third kappa shape index (κ3) is 10.2. The van der Waals surface area contributed by atoms with Gasteiger partial charge in [0, 0.05) is 55.4 Å². The van der Waals surface area contributed by atoms with E-state index in [0.29, 0.717) is 0 Å². The van der Waals surface area contributed by atoms with Crippen molar-refractivity contribution in [3.05, 3.63) is 493 Å². The maximum absolute atomic E-state index is 7.15. The van der Waals surface area contributed by atoms with Crippen LogP contribution in [0.15, 0.2) is 458 Å². The molecule has 0 saturated carbocycles. The number of fused-ring (bicyclic) bond motifs is 21. The van der Waals surface area contributed by atoms with Gasteiger partial charge in [-0.2, -0.15) is 0 Å². The van der Waals surface area contributed by atoms with E-state index in [9.17, 15) is 0 Å². The van der Waals surface area contributed by atoms with Gasteiger partial charge in [0.2, 0.25) is 0 Å². The molecule has 0 aliphatic heterocycles. The number of hydrogen-bond donors (Lipinski definition) is 0. The lowest BCUT2D eigenvalue weighted by molar-refractivity contribution is 0.668. The number of nitrogens with zero attached hydrogens (tertiary/aromatic N) is 2. The summed E-state index contributed by atoms with van der Waals surface area (Å²) in [5.74, 6) is 0. The molecule has 4 heteroatoms. The van der Waals surface area contributed by atoms with Gasteiger partial charge in [-0.3, -0.25) is 0 Å². The van der Waals surface area contributed by atoms with Crippen LogP contribution >= 0.6 is 0 Å². The summed E-state index contributed by atoms with van der Waals surface area (Å²) in [5, 5.41) is 9.07. The van der Waals surface area contributed by atoms with Crippen LogP contribution in [0, 0.1) is 0 Å². The van der Waals surface area contributed by atoms with E-state index < -0.39 is 10.8 Å². The lowest BCUT2D eigenvalue weighted by atomic mass is 9.67. The molecule has 0 radical (unpaired) electrons. The lowest BCUT2D eigenvalue weighted by Gasteiger charge is -2.35. The smallest absolute Gasteiger partial charge is 0.136 e. The van der Waals surface area contributed by atoms with Gasteiger partial charge in [-0.15, -0.1) is 0 Å². The van der Waals surface area contributed by atoms with Gasteiger partial charge in [0.25, 0.3) is 0 Å². The molecule has 0 fully saturated rings. The van der Waals surface area contributed by atoms with Gasteiger partial charge in [-0.25, -0.2) is 0 Å². The molecule has 25 rings (SSSR count). The van der Waals surface area contributed by atoms with E-state index in [1.54, 1.807) is 0 Å². The summed E-state index contributed by atoms with van der Waals surface area (Å²) in [6, 6.07) is 166. The fourth-order valence-corrected chi connectivity index (χ4v) is 21.5. The highest BCUT2D eigenvalue weighted by Gasteiger charge is 2.52. The highest BCUT2D eigenvalue weighted by molar-refractivity contribution is 6.17. The van der Waals surface area contributed by atoms with Crippen molar-refractivity contribution in [1.29, 1.82) is 0 Å². The second-order valence-corrected chi connectivity index (χ2v) is 32.7. The molecule has 4 nitrogen and oxygen atoms in total. The van der Waals surface area contributed by atoms with Crippen molar-refractivity contribution in [3.8, 4) is 89.0 Å². The molecule has 3 aliphatic rings. The summed E-state index contributed by atoms with van der Waals surface area (Å²) >= 11 is 0. The minimum absolute atomic E-state index is 0.533. The maximum Gasteiger partial charge on any atom is 0.136 e. The fraction of sp³-hybridized carbons (Fsp3) is 0.0169. The molecular formula is C118H74N2O2. The zero-order valence-corrected chi connectivity index (χ0v) is 66.4. The van der Waals surface area contributed by atoms with Gasteiger partial charge in [0.1, 0.15) is 22.3 Å². The molecular weight excluding hydrogens is 1480 g/mol. The number of furan rings is 2. The van der Waals surface area contributed by atoms with Crippen LogP contribution in [0.3, 0.4) is 0 Å². The molecule has 0 bridgehead atoms. The van der Waals surface area contributed by atoms with Crippen LogP contribution in [0.5, 0.6) is 0 Å². The Morgan fingerprint density at radius 3 is 1.02 bits per heavy atom. The van der Waals surface area contributed by atoms with E-state index in [1.807, 2.05) is 0 Å². The zero-order valence-electron chi connectivity index (χ0n) is 66.4. The lowest BCUT2D eigenvalue weighted by Crippen LogP contribution is -2.28. The minimum Gasteiger partial charge on any atom is -0.456 e. The van der Waals surface area contributed by atoms with Crippen molar-refractivity contribution < 1.29 is 8.83 Å². The predicted octanol–water partition coefficient (Wildman–Crippen LogP) is 31.8. The highest BCUT2D eigenvalue weighted by atomic mass is 16.3. The third-order valence-electron chi connectivity index (χ3n) is 26.6. The number of anilines is 6. The molecule has 2 aromatic heterocycles. The quantitative estimate of drug-likeness (QED) is 0.115. The number of hydrogen-bond acceptors (Lipinski definition) is 4. The van der Waals surface area contributed by atoms with Gasteiger partial charge < -0.3 is 18.6 Å². The number of benzene rings is 20. The van der Waals surface area contributed by atoms with Crippen LogP contribution in [0.25, 0.3) is 154 Å². The van der Waals surface area contributed by atoms with E-state index >= 15 is 0 Å². The molecule has 2 heterocycles. The highest BCUT2D eigenvalue weighted by Crippen LogP contribution is 2.65. The summed E-state index contributed by atoms with van der Waals surface area (Å²) in [7, 11) is 0. The molecule has 0 amide bonds. The van der Waals surface area contributed by atoms with E-state index in [2.05, 4.69) is 459 Å². The molecule has 0 unspecified atom stereocenters. The average molecular weight is 1550 g/mol. The first kappa shape index (κ1) is 69.3. The van der Waals surface area contributed by atoms with Crippen molar-refractivity contribution in [3.63, 3.8) is 0 Å². The van der Waals surface area contributed by atoms with Crippen molar-refractivity contribution in [2.24, 2.45) is 0 Å². The summed E-state index contributed by atoms with van der Waals surface area (Å²) < 4.78 is 13.8. The van der Waals surface area contributed by atoms with Crippen molar-refractivity contribution >= 4 is 99.5 Å². The predicted molar refractivity (Wildman–Crippen MR) is 506 cm³/mol. The summed E-state index contributed by atoms with van der Waals surface area (Å²) in [4.78, 5) is 4.96. The molecule has 1 spiro atoms. The van der Waals surface area contributed by atoms with Crippen LogP contribution < -0.4 is 9.80 Å². The zero-order chi connectivity index (χ0) is 80.1. The summed E-state index contributed by atoms with van der Waals surface area (Å²) in [6.45, 7) is 0. The van der Waals surface area contributed by atoms with Gasteiger partial charge in [0.15, 0.2) is 0 Å². The number of rotatable bonds is 13. The monoisotopic (exact) mass is 1550 g/mol. The first-order valence-electron chi connectivity index (χ1n) is 42.2. The molecule has 122 heavy (non-hydrogen) atoms. The topological polar surface area (TPSA) is 32.8 Å². The largest absolute Gasteiger partial charge is 0.456 e. The van der Waals surface area contributed by atoms with Crippen LogP contribution in [0.4, 0.5) is 34.1 Å². The molecule has 0 saturated heterocycles. The maximum atomic E-state index is 7.15. The Morgan fingerprint density at radius 1 is 0.172 bits per heavy atom. The Hall–Kier alpha value is -15.9. The van der Waals surface area contributed by atoms with E-state index in [4.69, 9.17) is 8.83 Å². The van der Waals surface area contributed by atoms with Crippen LogP contribution in [0.2, 0.25) is 0 Å². The Balaban J connectivity index is 0.606. The SMILES string of the molecule is c1ccc(C2(c3ccccc3)c3ccccc3-c3ccc(N(c4ccc(-c5cccc6ccccc56)cc4)c4ccccc4-c4cccc5oc6cc(-c7cccc8c(-c9ccc(N(c%10ccc%11c(c%10)C%10(c%12ccccc%12-c%12ccccc%12%10)c%10ccccc%10-%11)c%10ccccc%10-c%10cccc%11oc%12ccccc%12c%10%11)cc9)cccc78)ccc6c45)cc32)cc1. The number of para-hydroxylation sites is 3. The average Bonchev–Trinajstić information content (AvgIpc) is 1.50. The van der Waals surface area contributed by atoms with Crippen LogP contribution in [0.1, 0.15) is 44.5 Å². The molecule has 22 aromatic rings. The standard InChI is InChI=1S/C118H74N2O2/c1-3-30-79(31-4-1)117(80-32-5-2-6-33-80)103-49-16-9-37-93(103)95-70-67-83(73-107(95)117)119(81-63-58-76(59-64-81)86-42-23-29-75-28-7-8-34-85(75)86)110-54-21-14-40-98(110)100-48-27-57-113-116(100)102-69-62-78(72-114(102)122-113)88-44-25-45-89-87(43-24-46-90(88)89)77-60-65-82(66-61-77)120(109-53-20-13-39-97(109)99-47-26-56-112-115(99)101-41-15-22-55-111(101)121-112)84-68-71-96-94-38-12-19-52-106(94)118(108(96)74-84)104-50-17-10-35-91(104)92-36-11-18-51-105(92)118/h1-74H. The molecule has 568 valence electrons. The van der Waals surface area contributed by atoms with Crippen molar-refractivity contribution in [2.45, 2.75) is 10.8 Å². The van der Waals surface area contributed by atoms with Gasteiger partial charge in [-0.1, -0.05) is 358 Å². The van der Waals surface area contributed by atoms with Crippen molar-refractivity contribution in [2.75, 3.05) is 9.80 Å². The van der Waals surface area contributed by atoms with Gasteiger partial charge in [-0.05, 0) is 235 Å². The second kappa shape index (κ2) is 27.4. The van der Waals surface area contributed by atoms with Crippen LogP contribution in [-0.2, 0) is 10.8 Å². The normalized spacial score (nSPS) is 13.0. The fourth-order valence-electron chi connectivity index (χ4n) is 21.5. The Morgan fingerprint density at radius 2 is 0.500 bits per heavy atom. The second-order valence-electron chi connectivity index (χ2n) is 32.7. The van der Waals surface area contributed by atoms with Gasteiger partial charge in [0.05, 0.1) is 22.2 Å². The molecule has 20 aromatic carbocycles. The Bertz CT molecular complexity index is 7920. The van der Waals surface area contributed by atoms with E-state index in [1.165, 1.54) is 94.2 Å². The third-order valence-corrected chi connectivity index (χ3v) is 26.6. The Kier molecular flexibility index (Phi) is 15.5. The first-order chi connectivity index (χ1) is 60.5. The molecule has 0 atom stereocenters. The summed E-state index contributed by atoms with van der Waals surface area (Å²) in [5.41, 5.74) is 37.5. The summed E-state index contributed by atoms with van der Waals surface area (Å²) in [6.07, 6.45) is 0. The van der Waals surface area contributed by atoms with E-state index in [-0.39, 0.29) is 0 Å². The van der Waals surface area contributed by atoms with E-state index in [0.717, 1.165) is 139 Å². The van der Waals surface area contributed by atoms with Crippen LogP contribution in [-0.4, -0.2) is 0 Å². The molecule has 3 aliphatic carbocycles. The van der Waals surface area contributed by atoms with Gasteiger partial charge >= 0.3 is 0 Å². The minimum atomic E-state index is -0.605.